The summed E-state index contributed by atoms with van der Waals surface area (Å²) >= 11 is 6.15. The van der Waals surface area contributed by atoms with Gasteiger partial charge >= 0.3 is 0 Å². The van der Waals surface area contributed by atoms with Gasteiger partial charge in [-0.25, -0.2) is 0 Å². The Morgan fingerprint density at radius 3 is 2.58 bits per heavy atom. The number of amides is 2. The van der Waals surface area contributed by atoms with Crippen LogP contribution in [-0.2, 0) is 20.7 Å². The summed E-state index contributed by atoms with van der Waals surface area (Å²) in [5.41, 5.74) is 1.05. The Labute approximate surface area is 161 Å². The van der Waals surface area contributed by atoms with Crippen LogP contribution in [0.4, 0.5) is 0 Å². The van der Waals surface area contributed by atoms with Crippen LogP contribution in [-0.4, -0.2) is 49.1 Å². The number of carbonyl (C=O) groups is 2. The Balaban J connectivity index is 1.85. The molecular weight excluding hydrogens is 352 g/mol. The number of morpholine rings is 1. The van der Waals surface area contributed by atoms with Gasteiger partial charge in [-0.1, -0.05) is 43.6 Å². The van der Waals surface area contributed by atoms with E-state index >= 15 is 0 Å². The highest BCUT2D eigenvalue weighted by Gasteiger charge is 2.27. The first-order chi connectivity index (χ1) is 12.5. The van der Waals surface area contributed by atoms with Crippen LogP contribution in [0.5, 0.6) is 0 Å². The average molecular weight is 381 g/mol. The second kappa shape index (κ2) is 10.5. The zero-order valence-electron chi connectivity index (χ0n) is 15.7. The Morgan fingerprint density at radius 1 is 1.23 bits per heavy atom. The Bertz CT molecular complexity index is 600. The minimum Gasteiger partial charge on any atom is -0.378 e. The van der Waals surface area contributed by atoms with Crippen LogP contribution < -0.4 is 5.32 Å². The number of ether oxygens (including phenoxy) is 1. The first-order valence-corrected chi connectivity index (χ1v) is 9.74. The van der Waals surface area contributed by atoms with Crippen molar-refractivity contribution >= 4 is 23.4 Å². The van der Waals surface area contributed by atoms with Gasteiger partial charge in [0.15, 0.2) is 0 Å². The Kier molecular flexibility index (Phi) is 8.39. The van der Waals surface area contributed by atoms with Crippen molar-refractivity contribution in [2.75, 3.05) is 26.3 Å². The molecule has 1 atom stereocenters. The fraction of sp³-hybridized carbons (Fsp3) is 0.600. The highest BCUT2D eigenvalue weighted by molar-refractivity contribution is 6.31. The van der Waals surface area contributed by atoms with E-state index in [0.717, 1.165) is 17.0 Å². The van der Waals surface area contributed by atoms with Gasteiger partial charge in [0.05, 0.1) is 13.2 Å². The molecule has 1 unspecified atom stereocenters. The fourth-order valence-electron chi connectivity index (χ4n) is 3.10. The molecule has 0 aliphatic carbocycles. The number of halogens is 1. The Morgan fingerprint density at radius 2 is 1.92 bits per heavy atom. The van der Waals surface area contributed by atoms with Crippen molar-refractivity contribution in [1.29, 1.82) is 0 Å². The van der Waals surface area contributed by atoms with Gasteiger partial charge in [-0.2, -0.15) is 0 Å². The summed E-state index contributed by atoms with van der Waals surface area (Å²) in [6, 6.07) is 7.22. The second-order valence-electron chi connectivity index (χ2n) is 7.13. The number of nitrogens with zero attached hydrogens (tertiary/aromatic N) is 1. The standard InChI is InChI=1S/C20H29ClN2O3/c1-15(2)14-18(20(25)23-10-12-26-13-11-23)22-19(24)9-5-7-16-6-3-4-8-17(16)21/h3-4,6,8,15,18H,5,7,9-14H2,1-2H3,(H,22,24). The van der Waals surface area contributed by atoms with E-state index in [-0.39, 0.29) is 11.8 Å². The van der Waals surface area contributed by atoms with Crippen LogP contribution in [0.15, 0.2) is 24.3 Å². The van der Waals surface area contributed by atoms with Gasteiger partial charge < -0.3 is 15.0 Å². The van der Waals surface area contributed by atoms with Crippen molar-refractivity contribution in [3.8, 4) is 0 Å². The molecule has 1 heterocycles. The van der Waals surface area contributed by atoms with E-state index in [2.05, 4.69) is 19.2 Å². The summed E-state index contributed by atoms with van der Waals surface area (Å²) in [5, 5.41) is 3.67. The number of benzene rings is 1. The lowest BCUT2D eigenvalue weighted by molar-refractivity contribution is -0.140. The second-order valence-corrected chi connectivity index (χ2v) is 7.54. The molecule has 1 aliphatic heterocycles. The smallest absolute Gasteiger partial charge is 0.245 e. The highest BCUT2D eigenvalue weighted by atomic mass is 35.5. The third kappa shape index (κ3) is 6.61. The van der Waals surface area contributed by atoms with Gasteiger partial charge in [0.2, 0.25) is 11.8 Å². The van der Waals surface area contributed by atoms with Crippen molar-refractivity contribution in [2.24, 2.45) is 5.92 Å². The van der Waals surface area contributed by atoms with E-state index in [1.54, 1.807) is 4.90 Å². The molecule has 1 aromatic rings. The number of carbonyl (C=O) groups excluding carboxylic acids is 2. The minimum absolute atomic E-state index is 0.00135. The normalized spacial score (nSPS) is 15.8. The molecule has 144 valence electrons. The van der Waals surface area contributed by atoms with Gasteiger partial charge in [0, 0.05) is 24.5 Å². The summed E-state index contributed by atoms with van der Waals surface area (Å²) in [6.45, 7) is 6.43. The molecule has 2 rings (SSSR count). The molecule has 1 saturated heterocycles. The first kappa shape index (κ1) is 20.7. The number of hydrogen-bond acceptors (Lipinski definition) is 3. The molecule has 0 radical (unpaired) electrons. The topological polar surface area (TPSA) is 58.6 Å². The third-order valence-corrected chi connectivity index (χ3v) is 4.84. The molecule has 0 bridgehead atoms. The zero-order valence-corrected chi connectivity index (χ0v) is 16.4. The van der Waals surface area contributed by atoms with E-state index in [9.17, 15) is 9.59 Å². The summed E-state index contributed by atoms with van der Waals surface area (Å²) in [5.74, 6) is 0.249. The summed E-state index contributed by atoms with van der Waals surface area (Å²) in [6.07, 6.45) is 2.48. The third-order valence-electron chi connectivity index (χ3n) is 4.47. The van der Waals surface area contributed by atoms with Crippen molar-refractivity contribution in [2.45, 2.75) is 45.6 Å². The van der Waals surface area contributed by atoms with E-state index < -0.39 is 6.04 Å². The van der Waals surface area contributed by atoms with Crippen molar-refractivity contribution in [1.82, 2.24) is 10.2 Å². The minimum atomic E-state index is -0.457. The van der Waals surface area contributed by atoms with E-state index in [4.69, 9.17) is 16.3 Å². The molecule has 0 aromatic heterocycles. The maximum Gasteiger partial charge on any atom is 0.245 e. The number of rotatable bonds is 8. The molecule has 1 fully saturated rings. The van der Waals surface area contributed by atoms with Crippen LogP contribution >= 0.6 is 11.6 Å². The number of nitrogens with one attached hydrogen (secondary N) is 1. The van der Waals surface area contributed by atoms with Gasteiger partial charge in [-0.15, -0.1) is 0 Å². The first-order valence-electron chi connectivity index (χ1n) is 9.36. The highest BCUT2D eigenvalue weighted by Crippen LogP contribution is 2.17. The lowest BCUT2D eigenvalue weighted by atomic mass is 10.0. The molecule has 1 aliphatic rings. The lowest BCUT2D eigenvalue weighted by Gasteiger charge is -2.31. The maximum absolute atomic E-state index is 12.7. The SMILES string of the molecule is CC(C)CC(NC(=O)CCCc1ccccc1Cl)C(=O)N1CCOCC1. The molecule has 1 aromatic carbocycles. The largest absolute Gasteiger partial charge is 0.378 e. The van der Waals surface area contributed by atoms with Gasteiger partial charge in [0.1, 0.15) is 6.04 Å². The van der Waals surface area contributed by atoms with Crippen LogP contribution in [0, 0.1) is 5.92 Å². The van der Waals surface area contributed by atoms with Crippen LogP contribution in [0.2, 0.25) is 5.02 Å². The molecular formula is C20H29ClN2O3. The van der Waals surface area contributed by atoms with Gasteiger partial charge in [0.25, 0.3) is 0 Å². The van der Waals surface area contributed by atoms with Crippen LogP contribution in [0.1, 0.15) is 38.7 Å². The summed E-state index contributed by atoms with van der Waals surface area (Å²) in [4.78, 5) is 26.9. The molecule has 6 heteroatoms. The predicted octanol–water partition coefficient (Wildman–Crippen LogP) is 3.05. The van der Waals surface area contributed by atoms with Crippen molar-refractivity contribution in [3.05, 3.63) is 34.9 Å². The monoisotopic (exact) mass is 380 g/mol. The Hall–Kier alpha value is -1.59. The van der Waals surface area contributed by atoms with Crippen molar-refractivity contribution in [3.63, 3.8) is 0 Å². The molecule has 1 N–H and O–H groups in total. The fourth-order valence-corrected chi connectivity index (χ4v) is 3.33. The molecule has 0 saturated carbocycles. The van der Waals surface area contributed by atoms with E-state index in [1.807, 2.05) is 24.3 Å². The van der Waals surface area contributed by atoms with Crippen LogP contribution in [0.25, 0.3) is 0 Å². The number of hydrogen-bond donors (Lipinski definition) is 1. The van der Waals surface area contributed by atoms with Gasteiger partial charge in [-0.3, -0.25) is 9.59 Å². The number of aryl methyl sites for hydroxylation is 1. The zero-order chi connectivity index (χ0) is 18.9. The summed E-state index contributed by atoms with van der Waals surface area (Å²) in [7, 11) is 0. The van der Waals surface area contributed by atoms with Crippen molar-refractivity contribution < 1.29 is 14.3 Å². The predicted molar refractivity (Wildman–Crippen MR) is 103 cm³/mol. The lowest BCUT2D eigenvalue weighted by Crippen LogP contribution is -2.52. The molecule has 5 nitrogen and oxygen atoms in total. The molecule has 2 amide bonds. The van der Waals surface area contributed by atoms with E-state index in [1.165, 1.54) is 0 Å². The quantitative estimate of drug-likeness (QED) is 0.754. The molecule has 26 heavy (non-hydrogen) atoms. The maximum atomic E-state index is 12.7. The van der Waals surface area contributed by atoms with Gasteiger partial charge in [-0.05, 0) is 36.8 Å². The average Bonchev–Trinajstić information content (AvgIpc) is 2.62. The van der Waals surface area contributed by atoms with E-state index in [0.29, 0.717) is 51.5 Å². The van der Waals surface area contributed by atoms with Crippen LogP contribution in [0.3, 0.4) is 0 Å². The summed E-state index contributed by atoms with van der Waals surface area (Å²) < 4.78 is 5.30. The molecule has 0 spiro atoms.